The van der Waals surface area contributed by atoms with Gasteiger partial charge in [-0.3, -0.25) is 0 Å². The van der Waals surface area contributed by atoms with Crippen LogP contribution in [0.4, 0.5) is 0 Å². The molecule has 8 nitrogen and oxygen atoms in total. The quantitative estimate of drug-likeness (QED) is 0.581. The van der Waals surface area contributed by atoms with Crippen molar-refractivity contribution >= 4 is 17.9 Å². The number of hydrogen-bond donors (Lipinski definition) is 1. The molecule has 0 aliphatic carbocycles. The third kappa shape index (κ3) is 4.16. The molecule has 28 heavy (non-hydrogen) atoms. The fourth-order valence-corrected chi connectivity index (χ4v) is 3.11. The van der Waals surface area contributed by atoms with Crippen molar-refractivity contribution in [1.82, 2.24) is 5.32 Å². The van der Waals surface area contributed by atoms with Gasteiger partial charge in [0.2, 0.25) is 0 Å². The van der Waals surface area contributed by atoms with E-state index in [1.165, 1.54) is 21.3 Å². The van der Waals surface area contributed by atoms with Gasteiger partial charge in [0.25, 0.3) is 0 Å². The number of nitrogens with one attached hydrogen (secondary N) is 1. The average molecular weight is 389 g/mol. The molecular formula is C20H23NO7. The Morgan fingerprint density at radius 3 is 1.93 bits per heavy atom. The summed E-state index contributed by atoms with van der Waals surface area (Å²) in [5.74, 6) is -2.20. The van der Waals surface area contributed by atoms with Gasteiger partial charge in [-0.1, -0.05) is 18.2 Å². The standard InChI is InChI=1S/C20H23NO7/c1-11-16(19(23)26-4)18(17(12(2)21-11)20(24)27-5)13-8-6-7-9-14(13)28-10-15(22)25-3/h6-9,18,21H,10H2,1-5H3. The van der Waals surface area contributed by atoms with E-state index in [2.05, 4.69) is 10.1 Å². The van der Waals surface area contributed by atoms with Gasteiger partial charge >= 0.3 is 17.9 Å². The summed E-state index contributed by atoms with van der Waals surface area (Å²) in [7, 11) is 3.79. The van der Waals surface area contributed by atoms with Crippen LogP contribution in [-0.4, -0.2) is 45.8 Å². The number of hydrogen-bond acceptors (Lipinski definition) is 8. The highest BCUT2D eigenvalue weighted by molar-refractivity contribution is 6.00. The Hall–Kier alpha value is -3.29. The van der Waals surface area contributed by atoms with Gasteiger partial charge in [0, 0.05) is 17.0 Å². The Balaban J connectivity index is 2.65. The summed E-state index contributed by atoms with van der Waals surface area (Å²) < 4.78 is 20.1. The van der Waals surface area contributed by atoms with Crippen LogP contribution in [0.15, 0.2) is 46.8 Å². The van der Waals surface area contributed by atoms with Crippen LogP contribution in [-0.2, 0) is 28.6 Å². The van der Waals surface area contributed by atoms with Crippen LogP contribution in [0.2, 0.25) is 0 Å². The molecule has 0 saturated heterocycles. The van der Waals surface area contributed by atoms with Crippen molar-refractivity contribution in [2.45, 2.75) is 19.8 Å². The highest BCUT2D eigenvalue weighted by Crippen LogP contribution is 2.42. The highest BCUT2D eigenvalue weighted by atomic mass is 16.6. The monoisotopic (exact) mass is 389 g/mol. The van der Waals surface area contributed by atoms with E-state index < -0.39 is 23.8 Å². The molecule has 2 rings (SSSR count). The molecular weight excluding hydrogens is 366 g/mol. The summed E-state index contributed by atoms with van der Waals surface area (Å²) in [4.78, 5) is 36.6. The van der Waals surface area contributed by atoms with Gasteiger partial charge in [0.1, 0.15) is 5.75 Å². The van der Waals surface area contributed by atoms with Gasteiger partial charge in [-0.15, -0.1) is 0 Å². The number of methoxy groups -OCH3 is 3. The van der Waals surface area contributed by atoms with Crippen LogP contribution in [0, 0.1) is 0 Å². The number of esters is 3. The van der Waals surface area contributed by atoms with Gasteiger partial charge < -0.3 is 24.3 Å². The van der Waals surface area contributed by atoms with Crippen molar-refractivity contribution in [3.05, 3.63) is 52.4 Å². The first kappa shape index (κ1) is 21.0. The third-order valence-electron chi connectivity index (χ3n) is 4.37. The first-order chi connectivity index (χ1) is 13.3. The molecule has 0 fully saturated rings. The molecule has 0 spiro atoms. The predicted molar refractivity (Wildman–Crippen MR) is 99.3 cm³/mol. The SMILES string of the molecule is COC(=O)COc1ccccc1C1C(C(=O)OC)=C(C)NC(C)=C1C(=O)OC. The molecule has 8 heteroatoms. The Bertz CT molecular complexity index is 816. The minimum Gasteiger partial charge on any atom is -0.482 e. The second-order valence-corrected chi connectivity index (χ2v) is 6.02. The molecule has 1 aromatic rings. The Labute approximate surface area is 163 Å². The van der Waals surface area contributed by atoms with Crippen molar-refractivity contribution in [2.24, 2.45) is 0 Å². The summed E-state index contributed by atoms with van der Waals surface area (Å²) in [5, 5.41) is 3.03. The minimum atomic E-state index is -0.796. The molecule has 1 aromatic carbocycles. The average Bonchev–Trinajstić information content (AvgIpc) is 2.70. The zero-order chi connectivity index (χ0) is 20.8. The number of para-hydroxylation sites is 1. The molecule has 1 N–H and O–H groups in total. The third-order valence-corrected chi connectivity index (χ3v) is 4.37. The molecule has 0 atom stereocenters. The topological polar surface area (TPSA) is 100 Å². The number of rotatable bonds is 6. The van der Waals surface area contributed by atoms with Gasteiger partial charge in [-0.2, -0.15) is 0 Å². The number of carbonyl (C=O) groups excluding carboxylic acids is 3. The van der Waals surface area contributed by atoms with E-state index in [1.807, 2.05) is 0 Å². The van der Waals surface area contributed by atoms with Crippen molar-refractivity contribution in [3.8, 4) is 5.75 Å². The van der Waals surface area contributed by atoms with Crippen molar-refractivity contribution in [1.29, 1.82) is 0 Å². The maximum Gasteiger partial charge on any atom is 0.343 e. The van der Waals surface area contributed by atoms with E-state index >= 15 is 0 Å². The summed E-state index contributed by atoms with van der Waals surface area (Å²) in [6.07, 6.45) is 0. The molecule has 0 amide bonds. The predicted octanol–water partition coefficient (Wildman–Crippen LogP) is 1.82. The van der Waals surface area contributed by atoms with Crippen molar-refractivity contribution in [3.63, 3.8) is 0 Å². The molecule has 1 heterocycles. The number of dihydropyridines is 1. The van der Waals surface area contributed by atoms with Gasteiger partial charge in [-0.25, -0.2) is 14.4 Å². The fourth-order valence-electron chi connectivity index (χ4n) is 3.11. The van der Waals surface area contributed by atoms with Gasteiger partial charge in [-0.05, 0) is 19.9 Å². The first-order valence-corrected chi connectivity index (χ1v) is 8.49. The van der Waals surface area contributed by atoms with E-state index in [0.717, 1.165) is 0 Å². The smallest absolute Gasteiger partial charge is 0.343 e. The molecule has 1 aliphatic heterocycles. The molecule has 0 bridgehead atoms. The van der Waals surface area contributed by atoms with Gasteiger partial charge in [0.05, 0.1) is 38.4 Å². The van der Waals surface area contributed by atoms with E-state index in [4.69, 9.17) is 14.2 Å². The maximum absolute atomic E-state index is 12.5. The van der Waals surface area contributed by atoms with E-state index in [1.54, 1.807) is 38.1 Å². The van der Waals surface area contributed by atoms with Crippen molar-refractivity contribution in [2.75, 3.05) is 27.9 Å². The van der Waals surface area contributed by atoms with E-state index in [-0.39, 0.29) is 17.8 Å². The molecule has 0 aromatic heterocycles. The largest absolute Gasteiger partial charge is 0.482 e. The Morgan fingerprint density at radius 2 is 1.43 bits per heavy atom. The first-order valence-electron chi connectivity index (χ1n) is 8.49. The Morgan fingerprint density at radius 1 is 0.893 bits per heavy atom. The zero-order valence-corrected chi connectivity index (χ0v) is 16.5. The molecule has 0 radical (unpaired) electrons. The van der Waals surface area contributed by atoms with Crippen molar-refractivity contribution < 1.29 is 33.3 Å². The minimum absolute atomic E-state index is 0.252. The number of benzene rings is 1. The maximum atomic E-state index is 12.5. The summed E-state index contributed by atoms with van der Waals surface area (Å²) in [5.41, 5.74) is 2.12. The van der Waals surface area contributed by atoms with E-state index in [0.29, 0.717) is 22.7 Å². The fraction of sp³-hybridized carbons (Fsp3) is 0.350. The van der Waals surface area contributed by atoms with Crippen LogP contribution in [0.5, 0.6) is 5.75 Å². The van der Waals surface area contributed by atoms with Gasteiger partial charge in [0.15, 0.2) is 6.61 Å². The lowest BCUT2D eigenvalue weighted by Gasteiger charge is -2.30. The number of carbonyl (C=O) groups is 3. The lowest BCUT2D eigenvalue weighted by Crippen LogP contribution is -2.32. The second-order valence-electron chi connectivity index (χ2n) is 6.02. The second kappa shape index (κ2) is 9.07. The number of ether oxygens (including phenoxy) is 4. The summed E-state index contributed by atoms with van der Waals surface area (Å²) >= 11 is 0. The molecule has 150 valence electrons. The van der Waals surface area contributed by atoms with E-state index in [9.17, 15) is 14.4 Å². The van der Waals surface area contributed by atoms with Crippen LogP contribution < -0.4 is 10.1 Å². The number of allylic oxidation sites excluding steroid dienone is 2. The molecule has 1 aliphatic rings. The summed E-state index contributed by atoms with van der Waals surface area (Å²) in [6.45, 7) is 3.12. The molecule has 0 unspecified atom stereocenters. The normalized spacial score (nSPS) is 14.3. The van der Waals surface area contributed by atoms with Crippen LogP contribution in [0.3, 0.4) is 0 Å². The Kier molecular flexibility index (Phi) is 6.81. The lowest BCUT2D eigenvalue weighted by atomic mass is 9.80. The van der Waals surface area contributed by atoms with Crippen LogP contribution in [0.1, 0.15) is 25.3 Å². The highest BCUT2D eigenvalue weighted by Gasteiger charge is 2.39. The zero-order valence-electron chi connectivity index (χ0n) is 16.5. The molecule has 0 saturated carbocycles. The lowest BCUT2D eigenvalue weighted by molar-refractivity contribution is -0.143. The van der Waals surface area contributed by atoms with Crippen LogP contribution >= 0.6 is 0 Å². The summed E-state index contributed by atoms with van der Waals surface area (Å²) in [6, 6.07) is 6.83. The van der Waals surface area contributed by atoms with Crippen LogP contribution in [0.25, 0.3) is 0 Å².